The summed E-state index contributed by atoms with van der Waals surface area (Å²) in [7, 11) is -4.27. The van der Waals surface area contributed by atoms with Crippen LogP contribution < -0.4 is 9.62 Å². The van der Waals surface area contributed by atoms with Gasteiger partial charge in [-0.15, -0.1) is 0 Å². The third-order valence-corrected chi connectivity index (χ3v) is 6.92. The summed E-state index contributed by atoms with van der Waals surface area (Å²) in [6, 6.07) is 7.22. The molecule has 146 valence electrons. The van der Waals surface area contributed by atoms with E-state index in [2.05, 4.69) is 14.6 Å². The third kappa shape index (κ3) is 3.50. The SMILES string of the molecule is O=[N+]([O-])c1cc(F)ccc1S(=O)(=O)Nc1ccc2nc(N3CCCC3)sc2c1. The second kappa shape index (κ2) is 6.99. The van der Waals surface area contributed by atoms with Crippen LogP contribution in [0.5, 0.6) is 0 Å². The highest BCUT2D eigenvalue weighted by atomic mass is 32.2. The Morgan fingerprint density at radius 1 is 1.18 bits per heavy atom. The van der Waals surface area contributed by atoms with Gasteiger partial charge in [0.05, 0.1) is 26.9 Å². The van der Waals surface area contributed by atoms with Gasteiger partial charge in [0.15, 0.2) is 10.0 Å². The first-order valence-electron chi connectivity index (χ1n) is 8.46. The first kappa shape index (κ1) is 18.6. The van der Waals surface area contributed by atoms with Crippen LogP contribution in [0.4, 0.5) is 20.9 Å². The molecule has 0 bridgehead atoms. The largest absolute Gasteiger partial charge is 0.348 e. The highest BCUT2D eigenvalue weighted by molar-refractivity contribution is 7.92. The van der Waals surface area contributed by atoms with Crippen molar-refractivity contribution in [2.24, 2.45) is 0 Å². The molecule has 0 unspecified atom stereocenters. The lowest BCUT2D eigenvalue weighted by Gasteiger charge is -2.11. The molecule has 1 N–H and O–H groups in total. The van der Waals surface area contributed by atoms with Crippen molar-refractivity contribution in [3.05, 3.63) is 52.3 Å². The number of halogens is 1. The first-order valence-corrected chi connectivity index (χ1v) is 10.8. The second-order valence-electron chi connectivity index (χ2n) is 6.35. The van der Waals surface area contributed by atoms with Crippen molar-refractivity contribution in [3.63, 3.8) is 0 Å². The summed E-state index contributed by atoms with van der Waals surface area (Å²) in [5.74, 6) is -0.883. The molecule has 0 amide bonds. The zero-order chi connectivity index (χ0) is 19.9. The molecule has 1 aliphatic rings. The maximum absolute atomic E-state index is 13.3. The summed E-state index contributed by atoms with van der Waals surface area (Å²) < 4.78 is 41.7. The van der Waals surface area contributed by atoms with E-state index in [1.54, 1.807) is 18.2 Å². The fourth-order valence-corrected chi connectivity index (χ4v) is 5.35. The molecule has 4 rings (SSSR count). The number of hydrogen-bond donors (Lipinski definition) is 1. The molecule has 3 aromatic rings. The van der Waals surface area contributed by atoms with Crippen LogP contribution in [0.2, 0.25) is 0 Å². The van der Waals surface area contributed by atoms with E-state index in [4.69, 9.17) is 0 Å². The number of sulfonamides is 1. The molecule has 0 aliphatic carbocycles. The summed E-state index contributed by atoms with van der Waals surface area (Å²) in [5, 5.41) is 12.0. The van der Waals surface area contributed by atoms with Crippen molar-refractivity contribution >= 4 is 48.1 Å². The van der Waals surface area contributed by atoms with E-state index in [0.717, 1.165) is 53.4 Å². The minimum absolute atomic E-state index is 0.253. The van der Waals surface area contributed by atoms with Crippen molar-refractivity contribution in [1.29, 1.82) is 0 Å². The van der Waals surface area contributed by atoms with E-state index in [9.17, 15) is 22.9 Å². The van der Waals surface area contributed by atoms with Crippen LogP contribution in [0.3, 0.4) is 0 Å². The second-order valence-corrected chi connectivity index (χ2v) is 9.01. The number of nitro benzene ring substituents is 1. The van der Waals surface area contributed by atoms with Gasteiger partial charge in [-0.25, -0.2) is 17.8 Å². The van der Waals surface area contributed by atoms with Crippen LogP contribution in [0, 0.1) is 15.9 Å². The normalized spacial score (nSPS) is 14.5. The fraction of sp³-hybridized carbons (Fsp3) is 0.235. The molecular weight excluding hydrogens is 407 g/mol. The molecule has 1 fully saturated rings. The molecular formula is C17H15FN4O4S2. The highest BCUT2D eigenvalue weighted by Crippen LogP contribution is 2.33. The zero-order valence-electron chi connectivity index (χ0n) is 14.5. The van der Waals surface area contributed by atoms with Gasteiger partial charge in [0.2, 0.25) is 0 Å². The zero-order valence-corrected chi connectivity index (χ0v) is 16.1. The predicted octanol–water partition coefficient (Wildman–Crippen LogP) is 3.74. The van der Waals surface area contributed by atoms with Crippen LogP contribution in [0.25, 0.3) is 10.2 Å². The maximum Gasteiger partial charge on any atom is 0.292 e. The predicted molar refractivity (Wildman–Crippen MR) is 105 cm³/mol. The van der Waals surface area contributed by atoms with Gasteiger partial charge in [0.1, 0.15) is 5.82 Å². The summed E-state index contributed by atoms with van der Waals surface area (Å²) >= 11 is 1.46. The van der Waals surface area contributed by atoms with E-state index < -0.39 is 31.3 Å². The van der Waals surface area contributed by atoms with Crippen LogP contribution in [-0.4, -0.2) is 31.4 Å². The lowest BCUT2D eigenvalue weighted by molar-refractivity contribution is -0.388. The number of benzene rings is 2. The topological polar surface area (TPSA) is 105 Å². The molecule has 1 aromatic heterocycles. The number of thiazole rings is 1. The lowest BCUT2D eigenvalue weighted by atomic mass is 10.3. The Labute approximate surface area is 163 Å². The van der Waals surface area contributed by atoms with Crippen molar-refractivity contribution in [2.45, 2.75) is 17.7 Å². The van der Waals surface area contributed by atoms with E-state index in [0.29, 0.717) is 6.07 Å². The summed E-state index contributed by atoms with van der Waals surface area (Å²) in [6.45, 7) is 1.90. The van der Waals surface area contributed by atoms with Crippen LogP contribution in [0.1, 0.15) is 12.8 Å². The van der Waals surface area contributed by atoms with Crippen LogP contribution >= 0.6 is 11.3 Å². The molecule has 1 aliphatic heterocycles. The monoisotopic (exact) mass is 422 g/mol. The number of hydrogen-bond acceptors (Lipinski definition) is 7. The molecule has 28 heavy (non-hydrogen) atoms. The Kier molecular flexibility index (Phi) is 4.63. The van der Waals surface area contributed by atoms with Gasteiger partial charge >= 0.3 is 0 Å². The van der Waals surface area contributed by atoms with Gasteiger partial charge in [-0.1, -0.05) is 11.3 Å². The van der Waals surface area contributed by atoms with Crippen molar-refractivity contribution in [2.75, 3.05) is 22.7 Å². The number of nitro groups is 1. The number of rotatable bonds is 5. The molecule has 11 heteroatoms. The quantitative estimate of drug-likeness (QED) is 0.496. The number of anilines is 2. The molecule has 2 heterocycles. The smallest absolute Gasteiger partial charge is 0.292 e. The first-order chi connectivity index (χ1) is 13.3. The average Bonchev–Trinajstić information content (AvgIpc) is 3.30. The van der Waals surface area contributed by atoms with Gasteiger partial charge in [-0.05, 0) is 43.2 Å². The maximum atomic E-state index is 13.3. The standard InChI is InChI=1S/C17H15FN4O4S2/c18-11-3-6-16(14(9-11)22(23)24)28(25,26)20-12-4-5-13-15(10-12)27-17(19-13)21-7-1-2-8-21/h3-6,9-10,20H,1-2,7-8H2. The van der Waals surface area contributed by atoms with Crippen LogP contribution in [-0.2, 0) is 10.0 Å². The average molecular weight is 422 g/mol. The molecule has 0 atom stereocenters. The molecule has 8 nitrogen and oxygen atoms in total. The number of fused-ring (bicyclic) bond motifs is 1. The molecule has 1 saturated heterocycles. The minimum atomic E-state index is -4.27. The number of nitrogens with one attached hydrogen (secondary N) is 1. The number of nitrogens with zero attached hydrogens (tertiary/aromatic N) is 3. The summed E-state index contributed by atoms with van der Waals surface area (Å²) in [4.78, 5) is 16.4. The van der Waals surface area contributed by atoms with Gasteiger partial charge in [-0.2, -0.15) is 0 Å². The Morgan fingerprint density at radius 2 is 1.93 bits per heavy atom. The van der Waals surface area contributed by atoms with Crippen molar-refractivity contribution < 1.29 is 17.7 Å². The fourth-order valence-electron chi connectivity index (χ4n) is 3.09. The van der Waals surface area contributed by atoms with Gasteiger partial charge in [0.25, 0.3) is 15.7 Å². The Hall–Kier alpha value is -2.79. The molecule has 2 aromatic carbocycles. The summed E-state index contributed by atoms with van der Waals surface area (Å²) in [6.07, 6.45) is 2.24. The Balaban J connectivity index is 1.66. The van der Waals surface area contributed by atoms with Gasteiger partial charge in [0, 0.05) is 13.1 Å². The third-order valence-electron chi connectivity index (χ3n) is 4.41. The highest BCUT2D eigenvalue weighted by Gasteiger charge is 2.27. The Morgan fingerprint density at radius 3 is 2.64 bits per heavy atom. The van der Waals surface area contributed by atoms with Gasteiger partial charge in [-0.3, -0.25) is 14.8 Å². The molecule has 0 spiro atoms. The van der Waals surface area contributed by atoms with Crippen molar-refractivity contribution in [3.8, 4) is 0 Å². The van der Waals surface area contributed by atoms with E-state index in [-0.39, 0.29) is 5.69 Å². The van der Waals surface area contributed by atoms with E-state index >= 15 is 0 Å². The lowest BCUT2D eigenvalue weighted by Crippen LogP contribution is -2.16. The minimum Gasteiger partial charge on any atom is -0.348 e. The van der Waals surface area contributed by atoms with Gasteiger partial charge < -0.3 is 4.90 Å². The van der Waals surface area contributed by atoms with E-state index in [1.165, 1.54) is 11.3 Å². The number of aromatic nitrogens is 1. The van der Waals surface area contributed by atoms with Crippen molar-refractivity contribution in [1.82, 2.24) is 4.98 Å². The van der Waals surface area contributed by atoms with E-state index in [1.807, 2.05) is 0 Å². The molecule has 0 saturated carbocycles. The molecule has 0 radical (unpaired) electrons. The Bertz CT molecular complexity index is 1170. The summed E-state index contributed by atoms with van der Waals surface area (Å²) in [5.41, 5.74) is 0.188. The van der Waals surface area contributed by atoms with Crippen LogP contribution in [0.15, 0.2) is 41.3 Å².